The fraction of sp³-hybridized carbons (Fsp3) is 0.125. The minimum Gasteiger partial charge on any atom is -0.488 e. The Morgan fingerprint density at radius 1 is 1.60 bits per heavy atom. The molecule has 0 spiro atoms. The van der Waals surface area contributed by atoms with Gasteiger partial charge >= 0.3 is 11.7 Å². The average molecular weight is 215 g/mol. The molecular weight excluding hydrogens is 209 g/mol. The summed E-state index contributed by atoms with van der Waals surface area (Å²) < 4.78 is 17.8. The summed E-state index contributed by atoms with van der Waals surface area (Å²) >= 11 is 0. The molecule has 0 aromatic heterocycles. The number of carbonyl (C=O) groups is 1. The molecule has 0 heterocycles. The van der Waals surface area contributed by atoms with Crippen molar-refractivity contribution in [1.82, 2.24) is 0 Å². The second-order valence-corrected chi connectivity index (χ2v) is 2.54. The lowest BCUT2D eigenvalue weighted by atomic mass is 10.2. The number of aromatic carboxylic acids is 1. The highest BCUT2D eigenvalue weighted by Crippen LogP contribution is 2.31. The molecule has 0 aliphatic rings. The van der Waals surface area contributed by atoms with Crippen LogP contribution in [-0.2, 0) is 0 Å². The number of benzene rings is 1. The molecule has 0 aliphatic carbocycles. The number of hydrogen-bond acceptors (Lipinski definition) is 4. The van der Waals surface area contributed by atoms with Crippen LogP contribution in [0.3, 0.4) is 0 Å². The second kappa shape index (κ2) is 3.91. The second-order valence-electron chi connectivity index (χ2n) is 2.54. The molecule has 0 unspecified atom stereocenters. The van der Waals surface area contributed by atoms with Gasteiger partial charge in [0.25, 0.3) is 0 Å². The smallest absolute Gasteiger partial charge is 0.338 e. The summed E-state index contributed by atoms with van der Waals surface area (Å²) in [4.78, 5) is 20.1. The largest absolute Gasteiger partial charge is 0.488 e. The van der Waals surface area contributed by atoms with Crippen LogP contribution in [0.15, 0.2) is 12.1 Å². The Labute approximate surface area is 83.0 Å². The van der Waals surface area contributed by atoms with Crippen molar-refractivity contribution in [1.29, 1.82) is 0 Å². The minimum atomic E-state index is -1.51. The number of rotatable bonds is 3. The Kier molecular flexibility index (Phi) is 2.84. The van der Waals surface area contributed by atoms with Crippen molar-refractivity contribution in [3.8, 4) is 5.75 Å². The van der Waals surface area contributed by atoms with E-state index in [0.717, 1.165) is 19.2 Å². The summed E-state index contributed by atoms with van der Waals surface area (Å²) in [6.07, 6.45) is 0. The van der Waals surface area contributed by atoms with Crippen LogP contribution in [0, 0.1) is 15.9 Å². The first-order valence-corrected chi connectivity index (χ1v) is 3.73. The van der Waals surface area contributed by atoms with E-state index in [0.29, 0.717) is 0 Å². The number of ether oxygens (including phenoxy) is 1. The first kappa shape index (κ1) is 10.9. The normalized spacial score (nSPS) is 9.73. The Morgan fingerprint density at radius 3 is 2.60 bits per heavy atom. The van der Waals surface area contributed by atoms with Gasteiger partial charge in [0, 0.05) is 6.07 Å². The van der Waals surface area contributed by atoms with Crippen LogP contribution in [0.25, 0.3) is 0 Å². The Hall–Kier alpha value is -2.18. The molecule has 0 amide bonds. The summed E-state index contributed by atoms with van der Waals surface area (Å²) in [5.74, 6) is -3.44. The van der Waals surface area contributed by atoms with Crippen molar-refractivity contribution < 1.29 is 24.0 Å². The fourth-order valence-electron chi connectivity index (χ4n) is 1.05. The van der Waals surface area contributed by atoms with Crippen molar-refractivity contribution in [2.75, 3.05) is 7.11 Å². The summed E-state index contributed by atoms with van der Waals surface area (Å²) in [6, 6.07) is 1.70. The predicted molar refractivity (Wildman–Crippen MR) is 46.6 cm³/mol. The van der Waals surface area contributed by atoms with E-state index in [2.05, 4.69) is 4.74 Å². The van der Waals surface area contributed by atoms with Crippen LogP contribution < -0.4 is 4.74 Å². The first-order chi connectivity index (χ1) is 6.99. The zero-order valence-corrected chi connectivity index (χ0v) is 7.56. The SMILES string of the molecule is COc1c([N+](=O)[O-])ccc(C(=O)O)c1F. The molecule has 0 fully saturated rings. The fourth-order valence-corrected chi connectivity index (χ4v) is 1.05. The van der Waals surface area contributed by atoms with Crippen LogP contribution >= 0.6 is 0 Å². The standard InChI is InChI=1S/C8H6FNO5/c1-15-7-5(10(13)14)3-2-4(6(7)9)8(11)12/h2-3H,1H3,(H,11,12). The van der Waals surface area contributed by atoms with Gasteiger partial charge in [-0.25, -0.2) is 9.18 Å². The summed E-state index contributed by atoms with van der Waals surface area (Å²) in [7, 11) is 1.02. The van der Waals surface area contributed by atoms with Crippen LogP contribution in [0.4, 0.5) is 10.1 Å². The van der Waals surface area contributed by atoms with E-state index in [1.165, 1.54) is 0 Å². The van der Waals surface area contributed by atoms with Crippen molar-refractivity contribution in [2.45, 2.75) is 0 Å². The van der Waals surface area contributed by atoms with Gasteiger partial charge in [0.2, 0.25) is 5.75 Å². The van der Waals surface area contributed by atoms with Crippen LogP contribution in [0.2, 0.25) is 0 Å². The highest BCUT2D eigenvalue weighted by molar-refractivity contribution is 5.89. The van der Waals surface area contributed by atoms with E-state index in [1.807, 2.05) is 0 Å². The van der Waals surface area contributed by atoms with Gasteiger partial charge in [0.05, 0.1) is 17.6 Å². The topological polar surface area (TPSA) is 89.7 Å². The molecule has 0 radical (unpaired) electrons. The maximum atomic E-state index is 13.3. The lowest BCUT2D eigenvalue weighted by Gasteiger charge is -2.04. The number of methoxy groups -OCH3 is 1. The summed E-state index contributed by atoms with van der Waals surface area (Å²) in [6.45, 7) is 0. The van der Waals surface area contributed by atoms with Gasteiger partial charge in [-0.15, -0.1) is 0 Å². The number of halogens is 1. The molecule has 1 N–H and O–H groups in total. The lowest BCUT2D eigenvalue weighted by molar-refractivity contribution is -0.386. The third-order valence-electron chi connectivity index (χ3n) is 1.71. The maximum Gasteiger partial charge on any atom is 0.338 e. The summed E-state index contributed by atoms with van der Waals surface area (Å²) in [5.41, 5.74) is -1.28. The van der Waals surface area contributed by atoms with Crippen molar-refractivity contribution in [2.24, 2.45) is 0 Å². The van der Waals surface area contributed by atoms with Gasteiger partial charge in [-0.1, -0.05) is 0 Å². The molecule has 0 aliphatic heterocycles. The summed E-state index contributed by atoms with van der Waals surface area (Å²) in [5, 5.41) is 19.0. The molecule has 1 aromatic carbocycles. The van der Waals surface area contributed by atoms with Crippen molar-refractivity contribution in [3.63, 3.8) is 0 Å². The van der Waals surface area contributed by atoms with E-state index in [4.69, 9.17) is 5.11 Å². The Balaban J connectivity index is 3.45. The molecule has 1 rings (SSSR count). The molecule has 0 atom stereocenters. The van der Waals surface area contributed by atoms with Gasteiger partial charge in [0.15, 0.2) is 5.82 Å². The lowest BCUT2D eigenvalue weighted by Crippen LogP contribution is -2.04. The molecule has 15 heavy (non-hydrogen) atoms. The number of nitrogens with zero attached hydrogens (tertiary/aromatic N) is 1. The third-order valence-corrected chi connectivity index (χ3v) is 1.71. The average Bonchev–Trinajstić information content (AvgIpc) is 2.16. The van der Waals surface area contributed by atoms with E-state index in [-0.39, 0.29) is 0 Å². The molecule has 0 saturated heterocycles. The van der Waals surface area contributed by atoms with Gasteiger partial charge in [-0.3, -0.25) is 10.1 Å². The van der Waals surface area contributed by atoms with Crippen molar-refractivity contribution in [3.05, 3.63) is 33.6 Å². The van der Waals surface area contributed by atoms with E-state index >= 15 is 0 Å². The third kappa shape index (κ3) is 1.85. The van der Waals surface area contributed by atoms with Gasteiger partial charge < -0.3 is 9.84 Å². The molecule has 1 aromatic rings. The van der Waals surface area contributed by atoms with Gasteiger partial charge in [0.1, 0.15) is 0 Å². The molecule has 0 saturated carbocycles. The van der Waals surface area contributed by atoms with Crippen LogP contribution in [0.5, 0.6) is 5.75 Å². The first-order valence-electron chi connectivity index (χ1n) is 3.73. The number of nitro groups is 1. The molecule has 6 nitrogen and oxygen atoms in total. The molecule has 0 bridgehead atoms. The maximum absolute atomic E-state index is 13.3. The molecule has 7 heteroatoms. The minimum absolute atomic E-state index is 0.611. The zero-order valence-electron chi connectivity index (χ0n) is 7.56. The number of carboxylic acids is 1. The van der Waals surface area contributed by atoms with Crippen LogP contribution in [-0.4, -0.2) is 23.1 Å². The Bertz CT molecular complexity index is 431. The number of hydrogen-bond donors (Lipinski definition) is 1. The van der Waals surface area contributed by atoms with E-state index < -0.39 is 33.7 Å². The molecular formula is C8H6FNO5. The molecule has 80 valence electrons. The Morgan fingerprint density at radius 2 is 2.20 bits per heavy atom. The van der Waals surface area contributed by atoms with E-state index in [9.17, 15) is 19.3 Å². The van der Waals surface area contributed by atoms with Gasteiger partial charge in [-0.05, 0) is 6.07 Å². The van der Waals surface area contributed by atoms with Crippen LogP contribution in [0.1, 0.15) is 10.4 Å². The monoisotopic (exact) mass is 215 g/mol. The predicted octanol–water partition coefficient (Wildman–Crippen LogP) is 1.44. The van der Waals surface area contributed by atoms with Crippen molar-refractivity contribution >= 4 is 11.7 Å². The number of nitro benzene ring substituents is 1. The highest BCUT2D eigenvalue weighted by Gasteiger charge is 2.24. The van der Waals surface area contributed by atoms with E-state index in [1.54, 1.807) is 0 Å². The quantitative estimate of drug-likeness (QED) is 0.608. The zero-order chi connectivity index (χ0) is 11.6. The highest BCUT2D eigenvalue weighted by atomic mass is 19.1. The number of carboxylic acid groups (broad SMARTS) is 1. The van der Waals surface area contributed by atoms with Gasteiger partial charge in [-0.2, -0.15) is 0 Å².